The third kappa shape index (κ3) is 2.97. The van der Waals surface area contributed by atoms with Crippen molar-refractivity contribution in [3.8, 4) is 5.75 Å². The highest BCUT2D eigenvalue weighted by atomic mass is 16.5. The van der Waals surface area contributed by atoms with E-state index in [4.69, 9.17) is 9.47 Å². The SMILES string of the molecule is COc1cc2c(cc1CN1CCOC[C@H](O)C1)CCC2. The third-order valence-corrected chi connectivity index (χ3v) is 4.22. The molecular weight excluding hydrogens is 254 g/mol. The molecule has 0 aromatic heterocycles. The minimum atomic E-state index is -0.391. The van der Waals surface area contributed by atoms with E-state index in [1.807, 2.05) is 0 Å². The van der Waals surface area contributed by atoms with Crippen LogP contribution >= 0.6 is 0 Å². The van der Waals surface area contributed by atoms with Crippen LogP contribution in [-0.4, -0.2) is 49.5 Å². The molecule has 110 valence electrons. The van der Waals surface area contributed by atoms with Crippen molar-refractivity contribution in [1.29, 1.82) is 0 Å². The summed E-state index contributed by atoms with van der Waals surface area (Å²) in [6.07, 6.45) is 3.20. The largest absolute Gasteiger partial charge is 0.496 e. The molecule has 1 aliphatic heterocycles. The zero-order valence-corrected chi connectivity index (χ0v) is 12.1. The highest BCUT2D eigenvalue weighted by Crippen LogP contribution is 2.30. The molecule has 1 aromatic carbocycles. The fourth-order valence-corrected chi connectivity index (χ4v) is 3.21. The predicted molar refractivity (Wildman–Crippen MR) is 77.1 cm³/mol. The Morgan fingerprint density at radius 2 is 2.15 bits per heavy atom. The number of aliphatic hydroxyl groups is 1. The van der Waals surface area contributed by atoms with E-state index < -0.39 is 6.10 Å². The van der Waals surface area contributed by atoms with Crippen LogP contribution < -0.4 is 4.74 Å². The Labute approximate surface area is 120 Å². The van der Waals surface area contributed by atoms with Gasteiger partial charge >= 0.3 is 0 Å². The number of aryl methyl sites for hydroxylation is 2. The molecule has 1 heterocycles. The monoisotopic (exact) mass is 277 g/mol. The van der Waals surface area contributed by atoms with Gasteiger partial charge in [-0.2, -0.15) is 0 Å². The van der Waals surface area contributed by atoms with E-state index in [1.165, 1.54) is 36.0 Å². The zero-order valence-electron chi connectivity index (χ0n) is 12.1. The lowest BCUT2D eigenvalue weighted by Gasteiger charge is -2.22. The van der Waals surface area contributed by atoms with Crippen molar-refractivity contribution in [3.05, 3.63) is 28.8 Å². The van der Waals surface area contributed by atoms with Crippen molar-refractivity contribution in [2.45, 2.75) is 31.9 Å². The van der Waals surface area contributed by atoms with Gasteiger partial charge in [0.05, 0.1) is 26.4 Å². The van der Waals surface area contributed by atoms with Gasteiger partial charge in [-0.05, 0) is 36.5 Å². The molecular formula is C16H23NO3. The van der Waals surface area contributed by atoms with Crippen molar-refractivity contribution in [2.75, 3.05) is 33.4 Å². The average molecular weight is 277 g/mol. The lowest BCUT2D eigenvalue weighted by molar-refractivity contribution is 0.0562. The van der Waals surface area contributed by atoms with Gasteiger partial charge in [-0.3, -0.25) is 4.90 Å². The smallest absolute Gasteiger partial charge is 0.123 e. The second-order valence-electron chi connectivity index (χ2n) is 5.75. The van der Waals surface area contributed by atoms with E-state index in [0.29, 0.717) is 19.8 Å². The van der Waals surface area contributed by atoms with Gasteiger partial charge < -0.3 is 14.6 Å². The number of hydrogen-bond donors (Lipinski definition) is 1. The first-order valence-electron chi connectivity index (χ1n) is 7.43. The molecule has 1 aromatic rings. The Morgan fingerprint density at radius 3 is 2.95 bits per heavy atom. The first-order valence-corrected chi connectivity index (χ1v) is 7.43. The minimum absolute atomic E-state index is 0.391. The van der Waals surface area contributed by atoms with E-state index >= 15 is 0 Å². The number of nitrogens with zero attached hydrogens (tertiary/aromatic N) is 1. The molecule has 3 rings (SSSR count). The summed E-state index contributed by atoms with van der Waals surface area (Å²) in [4.78, 5) is 2.25. The topological polar surface area (TPSA) is 41.9 Å². The van der Waals surface area contributed by atoms with Gasteiger partial charge in [0.1, 0.15) is 5.75 Å². The normalized spacial score (nSPS) is 23.4. The molecule has 0 unspecified atom stereocenters. The van der Waals surface area contributed by atoms with E-state index in [9.17, 15) is 5.11 Å². The third-order valence-electron chi connectivity index (χ3n) is 4.22. The van der Waals surface area contributed by atoms with Crippen molar-refractivity contribution in [2.24, 2.45) is 0 Å². The van der Waals surface area contributed by atoms with Gasteiger partial charge in [0.25, 0.3) is 0 Å². The van der Waals surface area contributed by atoms with E-state index in [2.05, 4.69) is 17.0 Å². The predicted octanol–water partition coefficient (Wildman–Crippen LogP) is 1.38. The highest BCUT2D eigenvalue weighted by Gasteiger charge is 2.20. The highest BCUT2D eigenvalue weighted by molar-refractivity contribution is 5.44. The summed E-state index contributed by atoms with van der Waals surface area (Å²) in [5.41, 5.74) is 4.12. The van der Waals surface area contributed by atoms with Crippen molar-refractivity contribution in [1.82, 2.24) is 4.90 Å². The van der Waals surface area contributed by atoms with Gasteiger partial charge in [0.15, 0.2) is 0 Å². The molecule has 2 aliphatic rings. The van der Waals surface area contributed by atoms with E-state index in [1.54, 1.807) is 7.11 Å². The van der Waals surface area contributed by atoms with Gasteiger partial charge in [0, 0.05) is 25.2 Å². The van der Waals surface area contributed by atoms with Crippen LogP contribution in [-0.2, 0) is 24.1 Å². The number of hydrogen-bond acceptors (Lipinski definition) is 4. The molecule has 1 N–H and O–H groups in total. The van der Waals surface area contributed by atoms with Crippen LogP contribution in [0.4, 0.5) is 0 Å². The number of fused-ring (bicyclic) bond motifs is 1. The Balaban J connectivity index is 1.79. The molecule has 0 amide bonds. The minimum Gasteiger partial charge on any atom is -0.496 e. The van der Waals surface area contributed by atoms with Gasteiger partial charge in [0.2, 0.25) is 0 Å². The summed E-state index contributed by atoms with van der Waals surface area (Å²) >= 11 is 0. The maximum atomic E-state index is 9.82. The molecule has 1 saturated heterocycles. The average Bonchev–Trinajstić information content (AvgIpc) is 2.79. The molecule has 1 atom stereocenters. The quantitative estimate of drug-likeness (QED) is 0.906. The number of ether oxygens (including phenoxy) is 2. The van der Waals surface area contributed by atoms with Crippen molar-refractivity contribution in [3.63, 3.8) is 0 Å². The Kier molecular flexibility index (Phi) is 4.24. The van der Waals surface area contributed by atoms with Crippen LogP contribution in [0, 0.1) is 0 Å². The maximum Gasteiger partial charge on any atom is 0.123 e. The molecule has 4 heteroatoms. The van der Waals surface area contributed by atoms with Gasteiger partial charge in [-0.25, -0.2) is 0 Å². The number of rotatable bonds is 3. The second-order valence-corrected chi connectivity index (χ2v) is 5.75. The number of methoxy groups -OCH3 is 1. The molecule has 1 aliphatic carbocycles. The summed E-state index contributed by atoms with van der Waals surface area (Å²) in [7, 11) is 1.74. The summed E-state index contributed by atoms with van der Waals surface area (Å²) in [6, 6.07) is 4.49. The van der Waals surface area contributed by atoms with E-state index in [0.717, 1.165) is 18.8 Å². The van der Waals surface area contributed by atoms with Gasteiger partial charge in [-0.15, -0.1) is 0 Å². The van der Waals surface area contributed by atoms with Crippen molar-refractivity contribution >= 4 is 0 Å². The first-order chi connectivity index (χ1) is 9.76. The van der Waals surface area contributed by atoms with Crippen molar-refractivity contribution < 1.29 is 14.6 Å². The van der Waals surface area contributed by atoms with E-state index in [-0.39, 0.29) is 0 Å². The maximum absolute atomic E-state index is 9.82. The number of β-amino-alcohol motifs (C(OH)–C–C–N with tert-alkyl or cyclic N) is 1. The van der Waals surface area contributed by atoms with Crippen LogP contribution in [0.3, 0.4) is 0 Å². The first kappa shape index (κ1) is 13.9. The second kappa shape index (κ2) is 6.12. The summed E-state index contributed by atoms with van der Waals surface area (Å²) < 4.78 is 10.9. The number of benzene rings is 1. The molecule has 0 radical (unpaired) electrons. The lowest BCUT2D eigenvalue weighted by atomic mass is 10.0. The molecule has 0 spiro atoms. The van der Waals surface area contributed by atoms with Crippen LogP contribution in [0.2, 0.25) is 0 Å². The van der Waals surface area contributed by atoms with Gasteiger partial charge in [-0.1, -0.05) is 6.07 Å². The fraction of sp³-hybridized carbons (Fsp3) is 0.625. The number of aliphatic hydroxyl groups excluding tert-OH is 1. The molecule has 20 heavy (non-hydrogen) atoms. The Hall–Kier alpha value is -1.10. The van der Waals surface area contributed by atoms with Crippen LogP contribution in [0.15, 0.2) is 12.1 Å². The molecule has 0 saturated carbocycles. The standard InChI is InChI=1S/C16H23NO3/c1-19-16-8-13-4-2-3-12(13)7-14(16)9-17-5-6-20-11-15(18)10-17/h7-8,15,18H,2-6,9-11H2,1H3/t15-/m1/s1. The summed E-state index contributed by atoms with van der Waals surface area (Å²) in [5, 5.41) is 9.82. The van der Waals surface area contributed by atoms with Crippen LogP contribution in [0.5, 0.6) is 5.75 Å². The van der Waals surface area contributed by atoms with Crippen LogP contribution in [0.1, 0.15) is 23.1 Å². The summed E-state index contributed by atoms with van der Waals surface area (Å²) in [6.45, 7) is 3.47. The zero-order chi connectivity index (χ0) is 13.9. The lowest BCUT2D eigenvalue weighted by Crippen LogP contribution is -2.32. The fourth-order valence-electron chi connectivity index (χ4n) is 3.21. The summed E-state index contributed by atoms with van der Waals surface area (Å²) in [5.74, 6) is 0.977. The Bertz CT molecular complexity index is 475. The van der Waals surface area contributed by atoms with Crippen LogP contribution in [0.25, 0.3) is 0 Å². The molecule has 0 bridgehead atoms. The molecule has 1 fully saturated rings. The molecule has 4 nitrogen and oxygen atoms in total. The Morgan fingerprint density at radius 1 is 1.35 bits per heavy atom.